The SMILES string of the molecule is CSc1ccccc1NC(=O)CCN1C(=O)[C@H]2CC=CC[C@@H]2C1=O. The van der Waals surface area contributed by atoms with Crippen molar-refractivity contribution in [1.82, 2.24) is 4.90 Å². The Morgan fingerprint density at radius 1 is 1.17 bits per heavy atom. The van der Waals surface area contributed by atoms with Crippen LogP contribution in [-0.4, -0.2) is 35.4 Å². The van der Waals surface area contributed by atoms with Crippen LogP contribution < -0.4 is 5.32 Å². The monoisotopic (exact) mass is 344 g/mol. The fourth-order valence-corrected chi connectivity index (χ4v) is 3.82. The average molecular weight is 344 g/mol. The minimum absolute atomic E-state index is 0.118. The maximum absolute atomic E-state index is 12.4. The third kappa shape index (κ3) is 3.24. The van der Waals surface area contributed by atoms with Crippen molar-refractivity contribution in [2.45, 2.75) is 24.2 Å². The van der Waals surface area contributed by atoms with E-state index in [9.17, 15) is 14.4 Å². The van der Waals surface area contributed by atoms with E-state index in [1.165, 1.54) is 4.90 Å². The molecule has 5 nitrogen and oxygen atoms in total. The maximum Gasteiger partial charge on any atom is 0.233 e. The number of amides is 3. The van der Waals surface area contributed by atoms with Crippen LogP contribution in [-0.2, 0) is 14.4 Å². The summed E-state index contributed by atoms with van der Waals surface area (Å²) in [6, 6.07) is 7.56. The van der Waals surface area contributed by atoms with Gasteiger partial charge in [-0.1, -0.05) is 24.3 Å². The maximum atomic E-state index is 12.4. The molecule has 126 valence electrons. The zero-order chi connectivity index (χ0) is 17.1. The Balaban J connectivity index is 1.58. The van der Waals surface area contributed by atoms with Gasteiger partial charge in [0.15, 0.2) is 0 Å². The molecular weight excluding hydrogens is 324 g/mol. The number of carbonyl (C=O) groups is 3. The molecule has 0 bridgehead atoms. The van der Waals surface area contributed by atoms with E-state index in [0.29, 0.717) is 12.8 Å². The quantitative estimate of drug-likeness (QED) is 0.507. The molecule has 0 aromatic heterocycles. The Morgan fingerprint density at radius 2 is 1.79 bits per heavy atom. The number of likely N-dealkylation sites (tertiary alicyclic amines) is 1. The van der Waals surface area contributed by atoms with Gasteiger partial charge in [-0.3, -0.25) is 19.3 Å². The molecule has 0 radical (unpaired) electrons. The van der Waals surface area contributed by atoms with Crippen LogP contribution in [0.1, 0.15) is 19.3 Å². The molecule has 1 heterocycles. The number of thioether (sulfide) groups is 1. The van der Waals surface area contributed by atoms with E-state index in [0.717, 1.165) is 10.6 Å². The Bertz CT molecular complexity index is 675. The van der Waals surface area contributed by atoms with Gasteiger partial charge in [0, 0.05) is 17.9 Å². The van der Waals surface area contributed by atoms with Gasteiger partial charge < -0.3 is 5.32 Å². The van der Waals surface area contributed by atoms with Crippen molar-refractivity contribution in [3.8, 4) is 0 Å². The first-order valence-corrected chi connectivity index (χ1v) is 9.27. The summed E-state index contributed by atoms with van der Waals surface area (Å²) >= 11 is 1.55. The number of para-hydroxylation sites is 1. The fourth-order valence-electron chi connectivity index (χ4n) is 3.26. The molecule has 0 spiro atoms. The molecule has 1 aliphatic heterocycles. The van der Waals surface area contributed by atoms with Crippen LogP contribution in [0.3, 0.4) is 0 Å². The first-order chi connectivity index (χ1) is 11.6. The lowest BCUT2D eigenvalue weighted by atomic mass is 9.85. The summed E-state index contributed by atoms with van der Waals surface area (Å²) in [5.74, 6) is -0.922. The van der Waals surface area contributed by atoms with E-state index in [-0.39, 0.29) is 42.5 Å². The van der Waals surface area contributed by atoms with Crippen LogP contribution in [0, 0.1) is 11.8 Å². The standard InChI is InChI=1S/C18H20N2O3S/c1-24-15-9-5-4-8-14(15)19-16(21)10-11-20-17(22)12-6-2-3-7-13(12)18(20)23/h2-5,8-9,12-13H,6-7,10-11H2,1H3,(H,19,21)/t12-,13-/m0/s1. The third-order valence-electron chi connectivity index (χ3n) is 4.54. The first kappa shape index (κ1) is 16.8. The van der Waals surface area contributed by atoms with Crippen molar-refractivity contribution in [3.05, 3.63) is 36.4 Å². The van der Waals surface area contributed by atoms with E-state index >= 15 is 0 Å². The smallest absolute Gasteiger partial charge is 0.233 e. The number of fused-ring (bicyclic) bond motifs is 1. The summed E-state index contributed by atoms with van der Waals surface area (Å²) in [5, 5.41) is 2.86. The average Bonchev–Trinajstić information content (AvgIpc) is 2.85. The van der Waals surface area contributed by atoms with Gasteiger partial charge in [-0.25, -0.2) is 0 Å². The largest absolute Gasteiger partial charge is 0.325 e. The van der Waals surface area contributed by atoms with Gasteiger partial charge in [-0.05, 0) is 31.2 Å². The van der Waals surface area contributed by atoms with Crippen LogP contribution >= 0.6 is 11.8 Å². The summed E-state index contributed by atoms with van der Waals surface area (Å²) in [5.41, 5.74) is 0.756. The van der Waals surface area contributed by atoms with E-state index in [4.69, 9.17) is 0 Å². The van der Waals surface area contributed by atoms with Crippen LogP contribution in [0.2, 0.25) is 0 Å². The van der Waals surface area contributed by atoms with Crippen molar-refractivity contribution in [1.29, 1.82) is 0 Å². The highest BCUT2D eigenvalue weighted by Gasteiger charge is 2.46. The van der Waals surface area contributed by atoms with Crippen molar-refractivity contribution < 1.29 is 14.4 Å². The van der Waals surface area contributed by atoms with Gasteiger partial charge >= 0.3 is 0 Å². The Labute approximate surface area is 145 Å². The highest BCUT2D eigenvalue weighted by Crippen LogP contribution is 2.35. The van der Waals surface area contributed by atoms with Gasteiger partial charge in [0.25, 0.3) is 0 Å². The number of imide groups is 1. The minimum atomic E-state index is -0.234. The predicted octanol–water partition coefficient (Wildman–Crippen LogP) is 2.69. The zero-order valence-electron chi connectivity index (χ0n) is 13.5. The molecule has 6 heteroatoms. The minimum Gasteiger partial charge on any atom is -0.325 e. The summed E-state index contributed by atoms with van der Waals surface area (Å²) in [6.07, 6.45) is 7.23. The molecule has 1 saturated heterocycles. The second-order valence-corrected chi connectivity index (χ2v) is 6.83. The lowest BCUT2D eigenvalue weighted by Crippen LogP contribution is -2.34. The molecular formula is C18H20N2O3S. The lowest BCUT2D eigenvalue weighted by Gasteiger charge is -2.15. The molecule has 1 N–H and O–H groups in total. The van der Waals surface area contributed by atoms with Crippen LogP contribution in [0.5, 0.6) is 0 Å². The van der Waals surface area contributed by atoms with Crippen molar-refractivity contribution in [2.24, 2.45) is 11.8 Å². The third-order valence-corrected chi connectivity index (χ3v) is 5.34. The molecule has 2 atom stereocenters. The van der Waals surface area contributed by atoms with E-state index in [1.807, 2.05) is 42.7 Å². The molecule has 1 aromatic rings. The van der Waals surface area contributed by atoms with Gasteiger partial charge in [0.05, 0.1) is 17.5 Å². The number of hydrogen-bond donors (Lipinski definition) is 1. The Kier molecular flexibility index (Phi) is 5.04. The van der Waals surface area contributed by atoms with Gasteiger partial charge in [0.1, 0.15) is 0 Å². The summed E-state index contributed by atoms with van der Waals surface area (Å²) in [4.78, 5) is 39.1. The van der Waals surface area contributed by atoms with Crippen molar-refractivity contribution in [3.63, 3.8) is 0 Å². The van der Waals surface area contributed by atoms with E-state index in [1.54, 1.807) is 11.8 Å². The summed E-state index contributed by atoms with van der Waals surface area (Å²) in [6.45, 7) is 0.151. The number of allylic oxidation sites excluding steroid dienone is 2. The van der Waals surface area contributed by atoms with Crippen LogP contribution in [0.25, 0.3) is 0 Å². The molecule has 24 heavy (non-hydrogen) atoms. The van der Waals surface area contributed by atoms with Crippen molar-refractivity contribution in [2.75, 3.05) is 18.1 Å². The number of nitrogens with zero attached hydrogens (tertiary/aromatic N) is 1. The number of rotatable bonds is 5. The second kappa shape index (κ2) is 7.21. The zero-order valence-corrected chi connectivity index (χ0v) is 14.3. The number of nitrogens with one attached hydrogen (secondary N) is 1. The van der Waals surface area contributed by atoms with Gasteiger partial charge in [-0.15, -0.1) is 11.8 Å². The first-order valence-electron chi connectivity index (χ1n) is 8.05. The van der Waals surface area contributed by atoms with E-state index < -0.39 is 0 Å². The number of benzene rings is 1. The summed E-state index contributed by atoms with van der Waals surface area (Å²) < 4.78 is 0. The molecule has 1 aliphatic carbocycles. The molecule has 0 unspecified atom stereocenters. The lowest BCUT2D eigenvalue weighted by molar-refractivity contribution is -0.140. The topological polar surface area (TPSA) is 66.5 Å². The molecule has 1 fully saturated rings. The van der Waals surface area contributed by atoms with E-state index in [2.05, 4.69) is 5.32 Å². The van der Waals surface area contributed by atoms with Crippen LogP contribution in [0.4, 0.5) is 5.69 Å². The van der Waals surface area contributed by atoms with Crippen LogP contribution in [0.15, 0.2) is 41.3 Å². The van der Waals surface area contributed by atoms with Crippen molar-refractivity contribution >= 4 is 35.2 Å². The molecule has 1 aromatic carbocycles. The highest BCUT2D eigenvalue weighted by molar-refractivity contribution is 7.98. The number of carbonyl (C=O) groups excluding carboxylic acids is 3. The molecule has 3 rings (SSSR count). The summed E-state index contributed by atoms with van der Waals surface area (Å²) in [7, 11) is 0. The number of anilines is 1. The Hall–Kier alpha value is -2.08. The van der Waals surface area contributed by atoms with Gasteiger partial charge in [-0.2, -0.15) is 0 Å². The normalized spacial score (nSPS) is 22.6. The molecule has 0 saturated carbocycles. The second-order valence-electron chi connectivity index (χ2n) is 5.98. The highest BCUT2D eigenvalue weighted by atomic mass is 32.2. The van der Waals surface area contributed by atoms with Gasteiger partial charge in [0.2, 0.25) is 17.7 Å². The number of hydrogen-bond acceptors (Lipinski definition) is 4. The Morgan fingerprint density at radius 3 is 2.42 bits per heavy atom. The predicted molar refractivity (Wildman–Crippen MR) is 93.5 cm³/mol. The molecule has 2 aliphatic rings. The molecule has 3 amide bonds. The fraction of sp³-hybridized carbons (Fsp3) is 0.389.